The number of nitrogens with one attached hydrogen (secondary N) is 1. The van der Waals surface area contributed by atoms with Gasteiger partial charge in [0.2, 0.25) is 0 Å². The molecule has 4 heteroatoms. The van der Waals surface area contributed by atoms with Crippen LogP contribution in [0.1, 0.15) is 37.9 Å². The predicted octanol–water partition coefficient (Wildman–Crippen LogP) is 4.48. The molecule has 21 heavy (non-hydrogen) atoms. The van der Waals surface area contributed by atoms with E-state index in [2.05, 4.69) is 51.4 Å². The topological polar surface area (TPSA) is 34.1 Å². The third-order valence-electron chi connectivity index (χ3n) is 3.10. The lowest BCUT2D eigenvalue weighted by molar-refractivity contribution is 0.242. The molecule has 0 saturated heterocycles. The van der Waals surface area contributed by atoms with Gasteiger partial charge in [0.1, 0.15) is 5.75 Å². The van der Waals surface area contributed by atoms with Crippen LogP contribution in [0, 0.1) is 0 Å². The molecule has 2 rings (SSSR count). The van der Waals surface area contributed by atoms with E-state index in [1.54, 1.807) is 6.20 Å². The third-order valence-corrected chi connectivity index (χ3v) is 3.54. The van der Waals surface area contributed by atoms with Crippen LogP contribution in [0.15, 0.2) is 47.2 Å². The van der Waals surface area contributed by atoms with Crippen molar-refractivity contribution in [2.24, 2.45) is 0 Å². The van der Waals surface area contributed by atoms with Crippen molar-refractivity contribution in [3.8, 4) is 5.75 Å². The Labute approximate surface area is 134 Å². The maximum absolute atomic E-state index is 5.74. The van der Waals surface area contributed by atoms with Crippen molar-refractivity contribution < 1.29 is 4.74 Å². The van der Waals surface area contributed by atoms with Crippen molar-refractivity contribution in [3.63, 3.8) is 0 Å². The average molecular weight is 349 g/mol. The Morgan fingerprint density at radius 3 is 2.71 bits per heavy atom. The molecule has 112 valence electrons. The average Bonchev–Trinajstić information content (AvgIpc) is 2.44. The molecular weight excluding hydrogens is 328 g/mol. The fourth-order valence-electron chi connectivity index (χ4n) is 2.07. The van der Waals surface area contributed by atoms with Crippen LogP contribution < -0.4 is 10.1 Å². The maximum Gasteiger partial charge on any atom is 0.120 e. The standard InChI is InChI=1S/C17H21BrN2O/c1-12(2)21-17-6-4-5-15(8-17)13(3)20-10-14-7-16(18)11-19-9-14/h4-9,11-13,20H,10H2,1-3H3. The smallest absolute Gasteiger partial charge is 0.120 e. The highest BCUT2D eigenvalue weighted by Crippen LogP contribution is 2.20. The summed E-state index contributed by atoms with van der Waals surface area (Å²) in [5, 5.41) is 3.51. The molecule has 1 N–H and O–H groups in total. The van der Waals surface area contributed by atoms with E-state index in [-0.39, 0.29) is 12.1 Å². The van der Waals surface area contributed by atoms with Crippen molar-refractivity contribution in [3.05, 3.63) is 58.3 Å². The van der Waals surface area contributed by atoms with Crippen LogP contribution in [0.3, 0.4) is 0 Å². The number of ether oxygens (including phenoxy) is 1. The molecule has 0 bridgehead atoms. The van der Waals surface area contributed by atoms with E-state index in [1.807, 2.05) is 32.2 Å². The summed E-state index contributed by atoms with van der Waals surface area (Å²) in [4.78, 5) is 4.17. The van der Waals surface area contributed by atoms with E-state index in [1.165, 1.54) is 5.56 Å². The molecule has 1 atom stereocenters. The Hall–Kier alpha value is -1.39. The van der Waals surface area contributed by atoms with Gasteiger partial charge in [0.05, 0.1) is 6.10 Å². The van der Waals surface area contributed by atoms with E-state index in [0.717, 1.165) is 22.3 Å². The highest BCUT2D eigenvalue weighted by atomic mass is 79.9. The van der Waals surface area contributed by atoms with Gasteiger partial charge < -0.3 is 10.1 Å². The number of rotatable bonds is 6. The predicted molar refractivity (Wildman–Crippen MR) is 89.4 cm³/mol. The summed E-state index contributed by atoms with van der Waals surface area (Å²) >= 11 is 3.44. The molecule has 1 aromatic heterocycles. The molecule has 1 unspecified atom stereocenters. The second-order valence-electron chi connectivity index (χ2n) is 5.35. The second kappa shape index (κ2) is 7.57. The highest BCUT2D eigenvalue weighted by molar-refractivity contribution is 9.10. The van der Waals surface area contributed by atoms with Crippen LogP contribution in [0.5, 0.6) is 5.75 Å². The number of benzene rings is 1. The molecule has 0 amide bonds. The first-order valence-electron chi connectivity index (χ1n) is 7.14. The van der Waals surface area contributed by atoms with E-state index in [4.69, 9.17) is 4.74 Å². The molecule has 2 aromatic rings. The van der Waals surface area contributed by atoms with Gasteiger partial charge in [-0.1, -0.05) is 12.1 Å². The quantitative estimate of drug-likeness (QED) is 0.835. The van der Waals surface area contributed by atoms with E-state index >= 15 is 0 Å². The summed E-state index contributed by atoms with van der Waals surface area (Å²) in [6.07, 6.45) is 3.86. The molecule has 0 aliphatic heterocycles. The maximum atomic E-state index is 5.74. The number of hydrogen-bond donors (Lipinski definition) is 1. The first kappa shape index (κ1) is 16.0. The van der Waals surface area contributed by atoms with Crippen molar-refractivity contribution in [2.75, 3.05) is 0 Å². The zero-order valence-corrected chi connectivity index (χ0v) is 14.2. The van der Waals surface area contributed by atoms with Crippen molar-refractivity contribution in [2.45, 2.75) is 39.5 Å². The summed E-state index contributed by atoms with van der Waals surface area (Å²) in [5.41, 5.74) is 2.38. The summed E-state index contributed by atoms with van der Waals surface area (Å²) < 4.78 is 6.74. The van der Waals surface area contributed by atoms with Gasteiger partial charge in [0.25, 0.3) is 0 Å². The number of halogens is 1. The largest absolute Gasteiger partial charge is 0.491 e. The van der Waals surface area contributed by atoms with Crippen molar-refractivity contribution >= 4 is 15.9 Å². The molecule has 3 nitrogen and oxygen atoms in total. The van der Waals surface area contributed by atoms with Gasteiger partial charge in [0.15, 0.2) is 0 Å². The van der Waals surface area contributed by atoms with E-state index in [9.17, 15) is 0 Å². The van der Waals surface area contributed by atoms with Crippen LogP contribution in [0.25, 0.3) is 0 Å². The fourth-order valence-corrected chi connectivity index (χ4v) is 2.48. The minimum absolute atomic E-state index is 0.191. The minimum atomic E-state index is 0.191. The normalized spacial score (nSPS) is 12.4. The molecule has 1 heterocycles. The lowest BCUT2D eigenvalue weighted by atomic mass is 10.1. The van der Waals surface area contributed by atoms with Gasteiger partial charge >= 0.3 is 0 Å². The number of hydrogen-bond acceptors (Lipinski definition) is 3. The summed E-state index contributed by atoms with van der Waals surface area (Å²) in [5.74, 6) is 0.917. The zero-order valence-electron chi connectivity index (χ0n) is 12.6. The van der Waals surface area contributed by atoms with Gasteiger partial charge in [-0.3, -0.25) is 4.98 Å². The van der Waals surface area contributed by atoms with Gasteiger partial charge in [-0.25, -0.2) is 0 Å². The van der Waals surface area contributed by atoms with Gasteiger partial charge in [-0.15, -0.1) is 0 Å². The number of aromatic nitrogens is 1. The third kappa shape index (κ3) is 5.14. The van der Waals surface area contributed by atoms with Gasteiger partial charge in [-0.05, 0) is 66.0 Å². The first-order valence-corrected chi connectivity index (χ1v) is 7.93. The molecule has 0 fully saturated rings. The Morgan fingerprint density at radius 1 is 1.19 bits per heavy atom. The molecule has 0 aliphatic carbocycles. The molecule has 0 saturated carbocycles. The van der Waals surface area contributed by atoms with E-state index < -0.39 is 0 Å². The molecule has 1 aromatic carbocycles. The highest BCUT2D eigenvalue weighted by Gasteiger charge is 2.07. The Bertz CT molecular complexity index is 587. The number of pyridine rings is 1. The van der Waals surface area contributed by atoms with Gasteiger partial charge in [-0.2, -0.15) is 0 Å². The molecular formula is C17H21BrN2O. The van der Waals surface area contributed by atoms with Crippen LogP contribution in [-0.4, -0.2) is 11.1 Å². The zero-order chi connectivity index (χ0) is 15.2. The summed E-state index contributed by atoms with van der Waals surface area (Å²) in [7, 11) is 0. The lowest BCUT2D eigenvalue weighted by Gasteiger charge is -2.16. The summed E-state index contributed by atoms with van der Waals surface area (Å²) in [6, 6.07) is 10.6. The Balaban J connectivity index is 1.98. The first-order chi connectivity index (χ1) is 10.0. The van der Waals surface area contributed by atoms with Crippen LogP contribution in [-0.2, 0) is 6.54 Å². The van der Waals surface area contributed by atoms with Crippen molar-refractivity contribution in [1.82, 2.24) is 10.3 Å². The minimum Gasteiger partial charge on any atom is -0.491 e. The monoisotopic (exact) mass is 348 g/mol. The van der Waals surface area contributed by atoms with Crippen LogP contribution >= 0.6 is 15.9 Å². The second-order valence-corrected chi connectivity index (χ2v) is 6.27. The van der Waals surface area contributed by atoms with Gasteiger partial charge in [0, 0.05) is 29.5 Å². The summed E-state index contributed by atoms with van der Waals surface area (Å²) in [6.45, 7) is 7.01. The van der Waals surface area contributed by atoms with Crippen LogP contribution in [0.2, 0.25) is 0 Å². The van der Waals surface area contributed by atoms with E-state index in [0.29, 0.717) is 0 Å². The molecule has 0 radical (unpaired) electrons. The van der Waals surface area contributed by atoms with Crippen LogP contribution in [0.4, 0.5) is 0 Å². The molecule has 0 aliphatic rings. The fraction of sp³-hybridized carbons (Fsp3) is 0.353. The van der Waals surface area contributed by atoms with Crippen molar-refractivity contribution in [1.29, 1.82) is 0 Å². The molecule has 0 spiro atoms. The Kier molecular flexibility index (Phi) is 5.76. The lowest BCUT2D eigenvalue weighted by Crippen LogP contribution is -2.18. The number of nitrogens with zero attached hydrogens (tertiary/aromatic N) is 1. The SMILES string of the molecule is CC(C)Oc1cccc(C(C)NCc2cncc(Br)c2)c1. The Morgan fingerprint density at radius 2 is 2.00 bits per heavy atom.